The zero-order chi connectivity index (χ0) is 14.7. The molecule has 0 aliphatic heterocycles. The average molecular weight is 270 g/mol. The standard InChI is InChI=1S/C16H18N2O2/c1-10-7-8-11(2)13(9-10)18-16(19)15-12(17)5-4-6-14(15)20-3/h4-9H,17H2,1-3H3,(H,18,19). The molecule has 3 N–H and O–H groups in total. The minimum Gasteiger partial charge on any atom is -0.496 e. The van der Waals surface area contributed by atoms with Gasteiger partial charge in [0.05, 0.1) is 7.11 Å². The molecule has 0 aliphatic rings. The maximum Gasteiger partial charge on any atom is 0.261 e. The van der Waals surface area contributed by atoms with Crippen LogP contribution in [0.5, 0.6) is 5.75 Å². The second-order valence-electron chi connectivity index (χ2n) is 4.70. The maximum absolute atomic E-state index is 12.4. The van der Waals surface area contributed by atoms with Crippen molar-refractivity contribution in [3.63, 3.8) is 0 Å². The van der Waals surface area contributed by atoms with Crippen LogP contribution in [0.1, 0.15) is 21.5 Å². The molecule has 0 aromatic heterocycles. The Kier molecular flexibility index (Phi) is 3.94. The van der Waals surface area contributed by atoms with Gasteiger partial charge in [0.25, 0.3) is 5.91 Å². The fourth-order valence-corrected chi connectivity index (χ4v) is 2.02. The molecule has 0 fully saturated rings. The number of methoxy groups -OCH3 is 1. The van der Waals surface area contributed by atoms with Crippen molar-refractivity contribution in [1.82, 2.24) is 0 Å². The smallest absolute Gasteiger partial charge is 0.261 e. The lowest BCUT2D eigenvalue weighted by atomic mass is 10.1. The van der Waals surface area contributed by atoms with E-state index >= 15 is 0 Å². The van der Waals surface area contributed by atoms with E-state index in [4.69, 9.17) is 10.5 Å². The van der Waals surface area contributed by atoms with Crippen molar-refractivity contribution >= 4 is 17.3 Å². The zero-order valence-electron chi connectivity index (χ0n) is 11.9. The number of hydrogen-bond donors (Lipinski definition) is 2. The average Bonchev–Trinajstić information content (AvgIpc) is 2.42. The number of benzene rings is 2. The van der Waals surface area contributed by atoms with Gasteiger partial charge in [-0.15, -0.1) is 0 Å². The lowest BCUT2D eigenvalue weighted by Crippen LogP contribution is -2.16. The minimum atomic E-state index is -0.270. The second-order valence-corrected chi connectivity index (χ2v) is 4.70. The summed E-state index contributed by atoms with van der Waals surface area (Å²) in [5, 5.41) is 2.88. The first-order valence-electron chi connectivity index (χ1n) is 6.34. The number of ether oxygens (including phenoxy) is 1. The summed E-state index contributed by atoms with van der Waals surface area (Å²) < 4.78 is 5.20. The summed E-state index contributed by atoms with van der Waals surface area (Å²) >= 11 is 0. The molecule has 0 saturated heterocycles. The predicted octanol–water partition coefficient (Wildman–Crippen LogP) is 3.15. The molecule has 0 heterocycles. The van der Waals surface area contributed by atoms with Gasteiger partial charge in [-0.05, 0) is 43.2 Å². The van der Waals surface area contributed by atoms with Gasteiger partial charge in [0.2, 0.25) is 0 Å². The molecule has 0 spiro atoms. The SMILES string of the molecule is COc1cccc(N)c1C(=O)Nc1cc(C)ccc1C. The maximum atomic E-state index is 12.4. The van der Waals surface area contributed by atoms with Gasteiger partial charge in [0.15, 0.2) is 0 Å². The Balaban J connectivity index is 2.36. The first-order chi connectivity index (χ1) is 9.52. The lowest BCUT2D eigenvalue weighted by molar-refractivity contribution is 0.102. The van der Waals surface area contributed by atoms with Crippen LogP contribution < -0.4 is 15.8 Å². The number of nitrogens with one attached hydrogen (secondary N) is 1. The molecule has 20 heavy (non-hydrogen) atoms. The van der Waals surface area contributed by atoms with Gasteiger partial charge in [-0.2, -0.15) is 0 Å². The number of aryl methyl sites for hydroxylation is 2. The Bertz CT molecular complexity index is 651. The number of rotatable bonds is 3. The van der Waals surface area contributed by atoms with Crippen LogP contribution >= 0.6 is 0 Å². The van der Waals surface area contributed by atoms with Gasteiger partial charge in [-0.1, -0.05) is 18.2 Å². The van der Waals surface area contributed by atoms with Gasteiger partial charge >= 0.3 is 0 Å². The van der Waals surface area contributed by atoms with Crippen molar-refractivity contribution in [3.05, 3.63) is 53.1 Å². The van der Waals surface area contributed by atoms with Crippen molar-refractivity contribution in [1.29, 1.82) is 0 Å². The predicted molar refractivity (Wildman–Crippen MR) is 81.3 cm³/mol. The van der Waals surface area contributed by atoms with Gasteiger partial charge in [-0.25, -0.2) is 0 Å². The number of carbonyl (C=O) groups excluding carboxylic acids is 1. The summed E-state index contributed by atoms with van der Waals surface area (Å²) in [7, 11) is 1.52. The van der Waals surface area contributed by atoms with Crippen molar-refractivity contribution in [2.45, 2.75) is 13.8 Å². The summed E-state index contributed by atoms with van der Waals surface area (Å²) in [6, 6.07) is 11.1. The summed E-state index contributed by atoms with van der Waals surface area (Å²) in [6.07, 6.45) is 0. The number of nitrogens with two attached hydrogens (primary N) is 1. The van der Waals surface area contributed by atoms with Gasteiger partial charge in [0, 0.05) is 11.4 Å². The molecule has 0 atom stereocenters. The highest BCUT2D eigenvalue weighted by atomic mass is 16.5. The molecule has 0 radical (unpaired) electrons. The fourth-order valence-electron chi connectivity index (χ4n) is 2.02. The highest BCUT2D eigenvalue weighted by molar-refractivity contribution is 6.10. The van der Waals surface area contributed by atoms with E-state index in [1.165, 1.54) is 7.11 Å². The lowest BCUT2D eigenvalue weighted by Gasteiger charge is -2.13. The van der Waals surface area contributed by atoms with E-state index in [-0.39, 0.29) is 5.91 Å². The van der Waals surface area contributed by atoms with Gasteiger partial charge < -0.3 is 15.8 Å². The number of nitrogen functional groups attached to an aromatic ring is 1. The third-order valence-corrected chi connectivity index (χ3v) is 3.15. The first kappa shape index (κ1) is 13.9. The summed E-state index contributed by atoms with van der Waals surface area (Å²) in [5.74, 6) is 0.196. The van der Waals surface area contributed by atoms with E-state index in [1.54, 1.807) is 18.2 Å². The summed E-state index contributed by atoms with van der Waals surface area (Å²) in [4.78, 5) is 12.4. The monoisotopic (exact) mass is 270 g/mol. The highest BCUT2D eigenvalue weighted by Gasteiger charge is 2.16. The van der Waals surface area contributed by atoms with E-state index in [2.05, 4.69) is 5.32 Å². The van der Waals surface area contributed by atoms with Crippen LogP contribution in [-0.4, -0.2) is 13.0 Å². The van der Waals surface area contributed by atoms with E-state index < -0.39 is 0 Å². The largest absolute Gasteiger partial charge is 0.496 e. The van der Waals surface area contributed by atoms with Crippen molar-refractivity contribution in [2.24, 2.45) is 0 Å². The highest BCUT2D eigenvalue weighted by Crippen LogP contribution is 2.26. The van der Waals surface area contributed by atoms with Crippen LogP contribution in [0.15, 0.2) is 36.4 Å². The Labute approximate surface area is 118 Å². The number of amides is 1. The summed E-state index contributed by atoms with van der Waals surface area (Å²) in [5.41, 5.74) is 9.49. The van der Waals surface area contributed by atoms with E-state index in [0.717, 1.165) is 16.8 Å². The molecule has 0 saturated carbocycles. The van der Waals surface area contributed by atoms with Crippen molar-refractivity contribution in [3.8, 4) is 5.75 Å². The molecule has 0 bridgehead atoms. The van der Waals surface area contributed by atoms with Gasteiger partial charge in [0.1, 0.15) is 11.3 Å². The van der Waals surface area contributed by atoms with Crippen LogP contribution in [0, 0.1) is 13.8 Å². The molecule has 1 amide bonds. The van der Waals surface area contributed by atoms with Crippen LogP contribution in [0.2, 0.25) is 0 Å². The Hall–Kier alpha value is -2.49. The zero-order valence-corrected chi connectivity index (χ0v) is 11.9. The topological polar surface area (TPSA) is 64.3 Å². The van der Waals surface area contributed by atoms with Crippen LogP contribution in [0.3, 0.4) is 0 Å². The number of hydrogen-bond acceptors (Lipinski definition) is 3. The first-order valence-corrected chi connectivity index (χ1v) is 6.34. The Morgan fingerprint density at radius 2 is 1.95 bits per heavy atom. The van der Waals surface area contributed by atoms with Crippen molar-refractivity contribution in [2.75, 3.05) is 18.2 Å². The molecular weight excluding hydrogens is 252 g/mol. The second kappa shape index (κ2) is 5.65. The number of anilines is 2. The normalized spacial score (nSPS) is 10.2. The molecular formula is C16H18N2O2. The molecule has 104 valence electrons. The summed E-state index contributed by atoms with van der Waals surface area (Å²) in [6.45, 7) is 3.92. The number of carbonyl (C=O) groups is 1. The Morgan fingerprint density at radius 3 is 2.65 bits per heavy atom. The minimum absolute atomic E-state index is 0.270. The molecule has 2 aromatic rings. The molecule has 0 aliphatic carbocycles. The molecule has 4 nitrogen and oxygen atoms in total. The van der Waals surface area contributed by atoms with Crippen LogP contribution in [0.25, 0.3) is 0 Å². The molecule has 4 heteroatoms. The fraction of sp³-hybridized carbons (Fsp3) is 0.188. The van der Waals surface area contributed by atoms with Crippen molar-refractivity contribution < 1.29 is 9.53 Å². The molecule has 2 aromatic carbocycles. The molecule has 0 unspecified atom stereocenters. The Morgan fingerprint density at radius 1 is 1.20 bits per heavy atom. The van der Waals surface area contributed by atoms with E-state index in [9.17, 15) is 4.79 Å². The van der Waals surface area contributed by atoms with Crippen LogP contribution in [-0.2, 0) is 0 Å². The molecule has 2 rings (SSSR count). The van der Waals surface area contributed by atoms with Gasteiger partial charge in [-0.3, -0.25) is 4.79 Å². The van der Waals surface area contributed by atoms with E-state index in [0.29, 0.717) is 17.0 Å². The van der Waals surface area contributed by atoms with Crippen LogP contribution in [0.4, 0.5) is 11.4 Å². The third kappa shape index (κ3) is 2.74. The van der Waals surface area contributed by atoms with E-state index in [1.807, 2.05) is 32.0 Å². The third-order valence-electron chi connectivity index (χ3n) is 3.15. The quantitative estimate of drug-likeness (QED) is 0.842.